The molecule has 7 nitrogen and oxygen atoms in total. The molecule has 0 bridgehead atoms. The standard InChI is InChI=1S/C16H29N5O2.HI/c1-6-17-16(19-8-7-18-15(22)12(4)5)20-10-13-9-14(11(2)3)21-23-13;/h9,11-12H,6-8,10H2,1-5H3,(H,18,22)(H2,17,19,20);1H. The summed E-state index contributed by atoms with van der Waals surface area (Å²) in [5, 5.41) is 13.2. The van der Waals surface area contributed by atoms with Crippen LogP contribution in [0.5, 0.6) is 0 Å². The molecule has 0 aliphatic carbocycles. The maximum Gasteiger partial charge on any atom is 0.222 e. The van der Waals surface area contributed by atoms with Crippen LogP contribution in [0, 0.1) is 5.92 Å². The van der Waals surface area contributed by atoms with E-state index in [0.29, 0.717) is 31.5 Å². The zero-order valence-electron chi connectivity index (χ0n) is 15.2. The Morgan fingerprint density at radius 3 is 2.42 bits per heavy atom. The number of halogens is 1. The highest BCUT2D eigenvalue weighted by Crippen LogP contribution is 2.14. The molecule has 24 heavy (non-hydrogen) atoms. The Kier molecular flexibility index (Phi) is 11.4. The average molecular weight is 451 g/mol. The van der Waals surface area contributed by atoms with Gasteiger partial charge in [0, 0.05) is 31.6 Å². The Balaban J connectivity index is 0.00000529. The molecule has 0 saturated heterocycles. The lowest BCUT2D eigenvalue weighted by Crippen LogP contribution is -2.42. The molecule has 8 heteroatoms. The summed E-state index contributed by atoms with van der Waals surface area (Å²) in [5.74, 6) is 1.82. The van der Waals surface area contributed by atoms with Crippen molar-refractivity contribution < 1.29 is 9.32 Å². The van der Waals surface area contributed by atoms with Crippen LogP contribution in [-0.2, 0) is 11.3 Å². The van der Waals surface area contributed by atoms with Gasteiger partial charge in [-0.15, -0.1) is 24.0 Å². The van der Waals surface area contributed by atoms with Crippen molar-refractivity contribution in [1.82, 2.24) is 21.1 Å². The van der Waals surface area contributed by atoms with Crippen LogP contribution in [0.4, 0.5) is 0 Å². The first-order chi connectivity index (χ1) is 10.9. The van der Waals surface area contributed by atoms with Crippen molar-refractivity contribution in [3.63, 3.8) is 0 Å². The minimum Gasteiger partial charge on any atom is -0.359 e. The van der Waals surface area contributed by atoms with Gasteiger partial charge >= 0.3 is 0 Å². The summed E-state index contributed by atoms with van der Waals surface area (Å²) in [6, 6.07) is 1.93. The van der Waals surface area contributed by atoms with E-state index in [-0.39, 0.29) is 35.8 Å². The van der Waals surface area contributed by atoms with E-state index in [0.717, 1.165) is 18.0 Å². The number of aliphatic imine (C=N–C) groups is 1. The van der Waals surface area contributed by atoms with Crippen molar-refractivity contribution in [2.24, 2.45) is 10.9 Å². The van der Waals surface area contributed by atoms with Crippen LogP contribution in [0.15, 0.2) is 15.6 Å². The lowest BCUT2D eigenvalue weighted by molar-refractivity contribution is -0.123. The molecule has 0 atom stereocenters. The predicted octanol–water partition coefficient (Wildman–Crippen LogP) is 2.24. The number of carbonyl (C=O) groups is 1. The van der Waals surface area contributed by atoms with E-state index in [2.05, 4.69) is 39.9 Å². The third-order valence-electron chi connectivity index (χ3n) is 3.15. The van der Waals surface area contributed by atoms with Crippen molar-refractivity contribution >= 4 is 35.8 Å². The van der Waals surface area contributed by atoms with Gasteiger partial charge in [0.15, 0.2) is 11.7 Å². The van der Waals surface area contributed by atoms with Gasteiger partial charge in [0.05, 0.1) is 5.69 Å². The Bertz CT molecular complexity index is 514. The van der Waals surface area contributed by atoms with Gasteiger partial charge in [0.25, 0.3) is 0 Å². The molecule has 1 heterocycles. The minimum atomic E-state index is -0.00138. The molecule has 0 saturated carbocycles. The number of aromatic nitrogens is 1. The van der Waals surface area contributed by atoms with Crippen LogP contribution in [0.1, 0.15) is 52.0 Å². The predicted molar refractivity (Wildman–Crippen MR) is 107 cm³/mol. The minimum absolute atomic E-state index is 0. The number of hydrogen-bond acceptors (Lipinski definition) is 4. The summed E-state index contributed by atoms with van der Waals surface area (Å²) < 4.78 is 5.27. The molecule has 138 valence electrons. The molecule has 1 rings (SSSR count). The maximum absolute atomic E-state index is 11.5. The summed E-state index contributed by atoms with van der Waals surface area (Å²) in [5.41, 5.74) is 0.935. The fourth-order valence-electron chi connectivity index (χ4n) is 1.75. The number of rotatable bonds is 8. The van der Waals surface area contributed by atoms with E-state index >= 15 is 0 Å². The van der Waals surface area contributed by atoms with Crippen LogP contribution in [-0.4, -0.2) is 36.7 Å². The third kappa shape index (κ3) is 8.51. The van der Waals surface area contributed by atoms with Gasteiger partial charge in [-0.05, 0) is 12.8 Å². The lowest BCUT2D eigenvalue weighted by atomic mass is 10.1. The van der Waals surface area contributed by atoms with Gasteiger partial charge in [-0.25, -0.2) is 4.99 Å². The Hall–Kier alpha value is -1.32. The number of amides is 1. The topological polar surface area (TPSA) is 91.6 Å². The fourth-order valence-corrected chi connectivity index (χ4v) is 1.75. The molecule has 0 aromatic carbocycles. The van der Waals surface area contributed by atoms with Gasteiger partial charge in [-0.3, -0.25) is 4.79 Å². The van der Waals surface area contributed by atoms with Gasteiger partial charge in [0.2, 0.25) is 5.91 Å². The molecule has 0 aliphatic heterocycles. The monoisotopic (exact) mass is 451 g/mol. The molecular formula is C16H30IN5O2. The summed E-state index contributed by atoms with van der Waals surface area (Å²) in [4.78, 5) is 15.9. The van der Waals surface area contributed by atoms with Gasteiger partial charge < -0.3 is 20.5 Å². The normalized spacial score (nSPS) is 11.4. The molecular weight excluding hydrogens is 421 g/mol. The highest BCUT2D eigenvalue weighted by atomic mass is 127. The first-order valence-electron chi connectivity index (χ1n) is 8.19. The quantitative estimate of drug-likeness (QED) is 0.244. The van der Waals surface area contributed by atoms with Crippen molar-refractivity contribution in [3.8, 4) is 0 Å². The Labute approximate surface area is 161 Å². The molecule has 3 N–H and O–H groups in total. The van der Waals surface area contributed by atoms with Gasteiger partial charge in [-0.2, -0.15) is 0 Å². The smallest absolute Gasteiger partial charge is 0.222 e. The van der Waals surface area contributed by atoms with Crippen molar-refractivity contribution in [2.45, 2.75) is 47.1 Å². The van der Waals surface area contributed by atoms with E-state index in [1.165, 1.54) is 0 Å². The van der Waals surface area contributed by atoms with E-state index in [9.17, 15) is 4.79 Å². The van der Waals surface area contributed by atoms with Crippen molar-refractivity contribution in [2.75, 3.05) is 19.6 Å². The number of guanidine groups is 1. The fraction of sp³-hybridized carbons (Fsp3) is 0.688. The molecule has 1 aromatic heterocycles. The first-order valence-corrected chi connectivity index (χ1v) is 8.19. The van der Waals surface area contributed by atoms with Crippen LogP contribution < -0.4 is 16.0 Å². The number of hydrogen-bond donors (Lipinski definition) is 3. The number of carbonyl (C=O) groups excluding carboxylic acids is 1. The average Bonchev–Trinajstić information content (AvgIpc) is 2.97. The largest absolute Gasteiger partial charge is 0.359 e. The SMILES string of the molecule is CCNC(=NCc1cc(C(C)C)no1)NCCNC(=O)C(C)C.I. The zero-order valence-corrected chi connectivity index (χ0v) is 17.5. The van der Waals surface area contributed by atoms with E-state index in [4.69, 9.17) is 4.52 Å². The summed E-state index contributed by atoms with van der Waals surface area (Å²) >= 11 is 0. The molecule has 1 amide bonds. The van der Waals surface area contributed by atoms with E-state index in [1.807, 2.05) is 26.8 Å². The van der Waals surface area contributed by atoms with E-state index in [1.54, 1.807) is 0 Å². The number of nitrogens with one attached hydrogen (secondary N) is 3. The summed E-state index contributed by atoms with van der Waals surface area (Å²) in [6.07, 6.45) is 0. The molecule has 0 aliphatic rings. The summed E-state index contributed by atoms with van der Waals surface area (Å²) in [7, 11) is 0. The second kappa shape index (κ2) is 12.1. The second-order valence-electron chi connectivity index (χ2n) is 5.94. The van der Waals surface area contributed by atoms with Crippen LogP contribution in [0.3, 0.4) is 0 Å². The first kappa shape index (κ1) is 22.7. The maximum atomic E-state index is 11.5. The van der Waals surface area contributed by atoms with E-state index < -0.39 is 0 Å². The molecule has 0 unspecified atom stereocenters. The summed E-state index contributed by atoms with van der Waals surface area (Å²) in [6.45, 7) is 12.2. The Morgan fingerprint density at radius 2 is 1.88 bits per heavy atom. The van der Waals surface area contributed by atoms with Crippen molar-refractivity contribution in [3.05, 3.63) is 17.5 Å². The molecule has 1 aromatic rings. The molecule has 0 fully saturated rings. The highest BCUT2D eigenvalue weighted by molar-refractivity contribution is 14.0. The highest BCUT2D eigenvalue weighted by Gasteiger charge is 2.08. The lowest BCUT2D eigenvalue weighted by Gasteiger charge is -2.12. The number of nitrogens with zero attached hydrogens (tertiary/aromatic N) is 2. The molecule has 0 radical (unpaired) electrons. The van der Waals surface area contributed by atoms with Gasteiger partial charge in [0.1, 0.15) is 6.54 Å². The second-order valence-corrected chi connectivity index (χ2v) is 5.94. The van der Waals surface area contributed by atoms with Gasteiger partial charge in [-0.1, -0.05) is 32.9 Å². The van der Waals surface area contributed by atoms with Crippen molar-refractivity contribution in [1.29, 1.82) is 0 Å². The van der Waals surface area contributed by atoms with Crippen LogP contribution in [0.2, 0.25) is 0 Å². The van der Waals surface area contributed by atoms with Crippen LogP contribution >= 0.6 is 24.0 Å². The molecule has 0 spiro atoms. The van der Waals surface area contributed by atoms with Crippen LogP contribution in [0.25, 0.3) is 0 Å². The zero-order chi connectivity index (χ0) is 17.2. The third-order valence-corrected chi connectivity index (χ3v) is 3.15. The Morgan fingerprint density at radius 1 is 1.21 bits per heavy atom.